The maximum Gasteiger partial charge on any atom is 0.370 e. The van der Waals surface area contributed by atoms with E-state index in [1.807, 2.05) is 0 Å². The fourth-order valence-corrected chi connectivity index (χ4v) is 1.52. The molecule has 23 heavy (non-hydrogen) atoms. The van der Waals surface area contributed by atoms with Gasteiger partial charge in [0.25, 0.3) is 0 Å². The average Bonchev–Trinajstić information content (AvgIpc) is 2.37. The maximum atomic E-state index is 10.2. The van der Waals surface area contributed by atoms with Gasteiger partial charge in [0.2, 0.25) is 18.9 Å². The van der Waals surface area contributed by atoms with Crippen molar-refractivity contribution in [3.63, 3.8) is 0 Å². The first-order valence-electron chi connectivity index (χ1n) is 6.14. The molecule has 0 aromatic carbocycles. The Bertz CT molecular complexity index is 608. The summed E-state index contributed by atoms with van der Waals surface area (Å²) in [6.45, 7) is -0.372. The summed E-state index contributed by atoms with van der Waals surface area (Å²) in [5.74, 6) is -2.01. The van der Waals surface area contributed by atoms with E-state index in [0.717, 1.165) is 0 Å². The molecule has 0 amide bonds. The third kappa shape index (κ3) is 8.89. The van der Waals surface area contributed by atoms with Crippen molar-refractivity contribution < 1.29 is 51.6 Å². The lowest BCUT2D eigenvalue weighted by molar-refractivity contribution is -0.691. The molecular weight excluding hydrogens is 328 g/mol. The number of carboxylic acids is 2. The van der Waals surface area contributed by atoms with Gasteiger partial charge in [-0.05, 0) is 12.1 Å². The number of aromatic hydroxyl groups is 2. The van der Waals surface area contributed by atoms with Crippen molar-refractivity contribution in [3.05, 3.63) is 49.1 Å². The second kappa shape index (κ2) is 9.96. The van der Waals surface area contributed by atoms with Gasteiger partial charge in [0.05, 0.1) is 0 Å². The van der Waals surface area contributed by atoms with E-state index in [2.05, 4.69) is 0 Å². The number of aliphatic carboxylic acids is 2. The maximum absolute atomic E-state index is 10.2. The fraction of sp³-hybridized carbons (Fsp3) is 0.143. The molecule has 2 aromatic heterocycles. The summed E-state index contributed by atoms with van der Waals surface area (Å²) in [4.78, 5) is 20.2. The molecule has 0 unspecified atom stereocenters. The Morgan fingerprint density at radius 2 is 1.39 bits per heavy atom. The van der Waals surface area contributed by atoms with Crippen molar-refractivity contribution in [2.45, 2.75) is 13.1 Å². The van der Waals surface area contributed by atoms with E-state index in [4.69, 9.17) is 15.3 Å². The highest BCUT2D eigenvalue weighted by Crippen LogP contribution is 2.00. The zero-order chi connectivity index (χ0) is 16.5. The molecule has 0 aliphatic heterocycles. The fourth-order valence-electron chi connectivity index (χ4n) is 1.52. The Balaban J connectivity index is 0.000000403. The number of carbonyl (C=O) groups excluding carboxylic acids is 1. The molecule has 0 saturated heterocycles. The van der Waals surface area contributed by atoms with Gasteiger partial charge in [-0.25, -0.2) is 4.79 Å². The van der Waals surface area contributed by atoms with Crippen LogP contribution in [0.25, 0.3) is 0 Å². The van der Waals surface area contributed by atoms with Crippen LogP contribution in [0.3, 0.4) is 0 Å². The molecular formula is C14H15ClN2O6. The molecule has 124 valence electrons. The number of halogens is 1. The van der Waals surface area contributed by atoms with Crippen LogP contribution < -0.4 is 26.6 Å². The summed E-state index contributed by atoms with van der Waals surface area (Å²) >= 11 is 0. The topological polar surface area (TPSA) is 126 Å². The Morgan fingerprint density at radius 1 is 0.957 bits per heavy atom. The standard InChI is InChI=1S/2C7H7NO3.ClH/c2*9-6-2-1-3-8(4-6)5-7(10)11;/h2*1-4H,5H2,(H-,9,10,11);1H. The summed E-state index contributed by atoms with van der Waals surface area (Å²) in [5, 5.41) is 36.2. The first-order chi connectivity index (χ1) is 10.4. The number of carbonyl (C=O) groups is 2. The van der Waals surface area contributed by atoms with Gasteiger partial charge < -0.3 is 37.6 Å². The van der Waals surface area contributed by atoms with Crippen LogP contribution in [-0.4, -0.2) is 27.3 Å². The van der Waals surface area contributed by atoms with Gasteiger partial charge in [0.1, 0.15) is 5.97 Å². The second-order valence-corrected chi connectivity index (χ2v) is 4.23. The quantitative estimate of drug-likeness (QED) is 0.479. The number of pyridine rings is 2. The predicted octanol–water partition coefficient (Wildman–Crippen LogP) is -4.80. The Morgan fingerprint density at radius 3 is 1.74 bits per heavy atom. The molecule has 0 radical (unpaired) electrons. The molecule has 0 aliphatic carbocycles. The minimum Gasteiger partial charge on any atom is -1.00 e. The molecule has 0 fully saturated rings. The molecule has 8 nitrogen and oxygen atoms in total. The van der Waals surface area contributed by atoms with Gasteiger partial charge >= 0.3 is 5.97 Å². The average molecular weight is 343 g/mol. The van der Waals surface area contributed by atoms with E-state index >= 15 is 0 Å². The molecule has 2 rings (SSSR count). The van der Waals surface area contributed by atoms with Gasteiger partial charge in [-0.1, -0.05) is 0 Å². The predicted molar refractivity (Wildman–Crippen MR) is 69.2 cm³/mol. The van der Waals surface area contributed by atoms with Crippen molar-refractivity contribution in [2.24, 2.45) is 0 Å². The highest BCUT2D eigenvalue weighted by molar-refractivity contribution is 5.64. The molecule has 0 spiro atoms. The van der Waals surface area contributed by atoms with Crippen molar-refractivity contribution in [1.82, 2.24) is 0 Å². The number of rotatable bonds is 4. The van der Waals surface area contributed by atoms with Crippen molar-refractivity contribution in [3.8, 4) is 11.5 Å². The van der Waals surface area contributed by atoms with E-state index < -0.39 is 11.9 Å². The van der Waals surface area contributed by atoms with Crippen LogP contribution in [0.15, 0.2) is 49.1 Å². The minimum atomic E-state index is -1.18. The smallest absolute Gasteiger partial charge is 0.370 e. The van der Waals surface area contributed by atoms with Crippen LogP contribution in [0.5, 0.6) is 11.5 Å². The van der Waals surface area contributed by atoms with E-state index in [9.17, 15) is 14.7 Å². The molecule has 0 aliphatic rings. The van der Waals surface area contributed by atoms with Crippen LogP contribution in [-0.2, 0) is 22.7 Å². The Hall–Kier alpha value is -2.87. The summed E-state index contributed by atoms with van der Waals surface area (Å²) in [7, 11) is 0. The normalized spacial score (nSPS) is 9.04. The van der Waals surface area contributed by atoms with Crippen LogP contribution in [0.2, 0.25) is 0 Å². The third-order valence-corrected chi connectivity index (χ3v) is 2.31. The monoisotopic (exact) mass is 342 g/mol. The lowest BCUT2D eigenvalue weighted by Crippen LogP contribution is -3.00. The van der Waals surface area contributed by atoms with Gasteiger partial charge in [-0.15, -0.1) is 0 Å². The lowest BCUT2D eigenvalue weighted by atomic mass is 10.4. The highest BCUT2D eigenvalue weighted by atomic mass is 35.5. The molecule has 2 heterocycles. The zero-order valence-corrected chi connectivity index (χ0v) is 12.6. The molecule has 2 aromatic rings. The first-order valence-corrected chi connectivity index (χ1v) is 6.14. The van der Waals surface area contributed by atoms with Crippen LogP contribution in [0.4, 0.5) is 0 Å². The van der Waals surface area contributed by atoms with Crippen molar-refractivity contribution in [1.29, 1.82) is 0 Å². The lowest BCUT2D eigenvalue weighted by Gasteiger charge is -1.96. The number of carboxylic acid groups (broad SMARTS) is 2. The number of aromatic nitrogens is 2. The highest BCUT2D eigenvalue weighted by Gasteiger charge is 2.06. The van der Waals surface area contributed by atoms with Gasteiger partial charge in [0.15, 0.2) is 30.4 Å². The largest absolute Gasteiger partial charge is 1.00 e. The third-order valence-electron chi connectivity index (χ3n) is 2.31. The van der Waals surface area contributed by atoms with E-state index in [0.29, 0.717) is 0 Å². The summed E-state index contributed by atoms with van der Waals surface area (Å²) in [5.41, 5.74) is 0. The summed E-state index contributed by atoms with van der Waals surface area (Å²) < 4.78 is 2.71. The van der Waals surface area contributed by atoms with Crippen LogP contribution in [0.1, 0.15) is 0 Å². The minimum absolute atomic E-state index is 0. The SMILES string of the molecule is O=C(O)C[n+]1cccc(O)c1.O=C([O-])C[n+]1cccc(O)c1.[Cl-]. The van der Waals surface area contributed by atoms with Gasteiger partial charge in [0, 0.05) is 12.1 Å². The van der Waals surface area contributed by atoms with Gasteiger partial charge in [-0.3, -0.25) is 0 Å². The number of hydrogen-bond acceptors (Lipinski definition) is 5. The molecule has 0 saturated carbocycles. The van der Waals surface area contributed by atoms with E-state index in [1.54, 1.807) is 18.3 Å². The summed E-state index contributed by atoms with van der Waals surface area (Å²) in [6, 6.07) is 6.08. The molecule has 0 atom stereocenters. The van der Waals surface area contributed by atoms with Crippen LogP contribution in [0, 0.1) is 0 Å². The molecule has 9 heteroatoms. The number of hydrogen-bond donors (Lipinski definition) is 3. The van der Waals surface area contributed by atoms with Crippen molar-refractivity contribution in [2.75, 3.05) is 0 Å². The zero-order valence-electron chi connectivity index (χ0n) is 11.9. The molecule has 3 N–H and O–H groups in total. The van der Waals surface area contributed by atoms with Gasteiger partial charge in [-0.2, -0.15) is 9.13 Å². The summed E-state index contributed by atoms with van der Waals surface area (Å²) in [6.07, 6.45) is 5.78. The van der Waals surface area contributed by atoms with Crippen molar-refractivity contribution >= 4 is 11.9 Å². The molecule has 0 bridgehead atoms. The number of nitrogens with zero attached hydrogens (tertiary/aromatic N) is 2. The Kier molecular flexibility index (Phi) is 8.71. The second-order valence-electron chi connectivity index (χ2n) is 4.23. The van der Waals surface area contributed by atoms with Crippen LogP contribution >= 0.6 is 0 Å². The van der Waals surface area contributed by atoms with E-state index in [-0.39, 0.29) is 37.0 Å². The van der Waals surface area contributed by atoms with E-state index in [1.165, 1.54) is 39.9 Å². The Labute approximate surface area is 137 Å². The first kappa shape index (κ1) is 20.1.